The van der Waals surface area contributed by atoms with E-state index in [0.29, 0.717) is 16.3 Å². The minimum absolute atomic E-state index is 0.0723. The van der Waals surface area contributed by atoms with Crippen molar-refractivity contribution in [2.45, 2.75) is 13.3 Å². The van der Waals surface area contributed by atoms with E-state index in [1.165, 1.54) is 0 Å². The van der Waals surface area contributed by atoms with Gasteiger partial charge in [0.15, 0.2) is 0 Å². The van der Waals surface area contributed by atoms with E-state index in [9.17, 15) is 9.59 Å². The van der Waals surface area contributed by atoms with E-state index >= 15 is 0 Å². The first-order valence-electron chi connectivity index (χ1n) is 7.16. The van der Waals surface area contributed by atoms with Gasteiger partial charge in [0.05, 0.1) is 11.3 Å². The molecule has 0 radical (unpaired) electrons. The predicted molar refractivity (Wildman–Crippen MR) is 92.5 cm³/mol. The summed E-state index contributed by atoms with van der Waals surface area (Å²) in [5.41, 5.74) is 2.42. The highest BCUT2D eigenvalue weighted by Crippen LogP contribution is 2.35. The molecule has 0 unspecified atom stereocenters. The van der Waals surface area contributed by atoms with Gasteiger partial charge in [0, 0.05) is 5.02 Å². The molecule has 0 fully saturated rings. The summed E-state index contributed by atoms with van der Waals surface area (Å²) in [5.74, 6) is -0.933. The van der Waals surface area contributed by atoms with Crippen molar-refractivity contribution in [2.75, 3.05) is 4.90 Å². The average Bonchev–Trinajstić information content (AvgIpc) is 2.78. The molecule has 1 aliphatic heterocycles. The number of halogens is 2. The maximum Gasteiger partial charge on any atom is 0.277 e. The Morgan fingerprint density at radius 1 is 0.870 bits per heavy atom. The summed E-state index contributed by atoms with van der Waals surface area (Å²) < 4.78 is 0. The van der Waals surface area contributed by atoms with E-state index in [1.807, 2.05) is 19.1 Å². The minimum atomic E-state index is -0.508. The summed E-state index contributed by atoms with van der Waals surface area (Å²) in [6, 6.07) is 14.0. The van der Waals surface area contributed by atoms with Crippen LogP contribution in [0.1, 0.15) is 18.1 Å². The fourth-order valence-corrected chi connectivity index (χ4v) is 2.89. The third-order valence-corrected chi connectivity index (χ3v) is 4.37. The summed E-state index contributed by atoms with van der Waals surface area (Å²) >= 11 is 12.0. The van der Waals surface area contributed by atoms with Crippen molar-refractivity contribution in [2.24, 2.45) is 0 Å². The number of benzene rings is 2. The molecule has 5 heteroatoms. The molecule has 0 spiro atoms. The van der Waals surface area contributed by atoms with Crippen LogP contribution in [0.2, 0.25) is 5.02 Å². The van der Waals surface area contributed by atoms with E-state index in [0.717, 1.165) is 16.9 Å². The third-order valence-electron chi connectivity index (χ3n) is 3.76. The highest BCUT2D eigenvalue weighted by Gasteiger charge is 2.39. The summed E-state index contributed by atoms with van der Waals surface area (Å²) in [4.78, 5) is 26.2. The maximum atomic E-state index is 12.7. The zero-order valence-electron chi connectivity index (χ0n) is 12.3. The van der Waals surface area contributed by atoms with Crippen LogP contribution < -0.4 is 4.90 Å². The number of aryl methyl sites for hydroxylation is 1. The average molecular weight is 346 g/mol. The van der Waals surface area contributed by atoms with E-state index in [2.05, 4.69) is 0 Å². The van der Waals surface area contributed by atoms with Gasteiger partial charge in [-0.05, 0) is 41.8 Å². The molecule has 0 saturated heterocycles. The molecule has 0 saturated carbocycles. The van der Waals surface area contributed by atoms with Gasteiger partial charge in [-0.1, -0.05) is 54.4 Å². The van der Waals surface area contributed by atoms with Gasteiger partial charge in [-0.2, -0.15) is 0 Å². The van der Waals surface area contributed by atoms with E-state index in [4.69, 9.17) is 23.2 Å². The smallest absolute Gasteiger partial charge is 0.268 e. The van der Waals surface area contributed by atoms with E-state index < -0.39 is 11.8 Å². The summed E-state index contributed by atoms with van der Waals surface area (Å²) in [5, 5.41) is 0.478. The Morgan fingerprint density at radius 2 is 1.48 bits per heavy atom. The molecule has 0 aliphatic carbocycles. The number of hydrogen-bond acceptors (Lipinski definition) is 2. The van der Waals surface area contributed by atoms with Crippen LogP contribution >= 0.6 is 23.2 Å². The fraction of sp³-hybridized carbons (Fsp3) is 0.111. The number of carbonyl (C=O) groups is 2. The Kier molecular flexibility index (Phi) is 4.24. The quantitative estimate of drug-likeness (QED) is 0.772. The number of anilines is 1. The van der Waals surface area contributed by atoms with Gasteiger partial charge < -0.3 is 0 Å². The van der Waals surface area contributed by atoms with E-state index in [1.54, 1.807) is 36.4 Å². The molecule has 0 bridgehead atoms. The summed E-state index contributed by atoms with van der Waals surface area (Å²) in [7, 11) is 0. The molecule has 1 heterocycles. The molecule has 1 aliphatic rings. The first kappa shape index (κ1) is 15.8. The van der Waals surface area contributed by atoms with Crippen molar-refractivity contribution in [1.29, 1.82) is 0 Å². The number of imide groups is 1. The molecule has 0 aromatic heterocycles. The minimum Gasteiger partial charge on any atom is -0.268 e. The first-order valence-corrected chi connectivity index (χ1v) is 7.92. The van der Waals surface area contributed by atoms with Crippen molar-refractivity contribution in [3.05, 3.63) is 69.7 Å². The van der Waals surface area contributed by atoms with Crippen molar-refractivity contribution in [3.8, 4) is 0 Å². The zero-order valence-corrected chi connectivity index (χ0v) is 13.9. The number of carbonyl (C=O) groups excluding carboxylic acids is 2. The lowest BCUT2D eigenvalue weighted by molar-refractivity contribution is -0.119. The number of rotatable bonds is 3. The molecule has 3 rings (SSSR count). The van der Waals surface area contributed by atoms with Gasteiger partial charge in [-0.25, -0.2) is 4.90 Å². The standard InChI is InChI=1S/C18H13Cl2NO2/c1-2-11-3-9-14(10-4-11)21-17(22)15(16(20)18(21)23)12-5-7-13(19)8-6-12/h3-10H,2H2,1H3. The van der Waals surface area contributed by atoms with E-state index in [-0.39, 0.29) is 10.6 Å². The molecule has 2 amide bonds. The molecular formula is C18H13Cl2NO2. The molecule has 2 aromatic carbocycles. The SMILES string of the molecule is CCc1ccc(N2C(=O)C(Cl)=C(c3ccc(Cl)cc3)C2=O)cc1. The van der Waals surface area contributed by atoms with Crippen molar-refractivity contribution < 1.29 is 9.59 Å². The molecule has 2 aromatic rings. The van der Waals surface area contributed by atoms with Gasteiger partial charge in [0.2, 0.25) is 0 Å². The molecule has 0 atom stereocenters. The van der Waals surface area contributed by atoms with Crippen molar-refractivity contribution >= 4 is 46.3 Å². The van der Waals surface area contributed by atoms with Crippen LogP contribution in [0, 0.1) is 0 Å². The lowest BCUT2D eigenvalue weighted by Crippen LogP contribution is -2.31. The first-order chi connectivity index (χ1) is 11.0. The Balaban J connectivity index is 1.99. The highest BCUT2D eigenvalue weighted by molar-refractivity contribution is 6.60. The topological polar surface area (TPSA) is 37.4 Å². The number of nitrogens with zero attached hydrogens (tertiary/aromatic N) is 1. The normalized spacial score (nSPS) is 14.8. The molecular weight excluding hydrogens is 333 g/mol. The Morgan fingerprint density at radius 3 is 2.04 bits per heavy atom. The fourth-order valence-electron chi connectivity index (χ4n) is 2.48. The van der Waals surface area contributed by atoms with Crippen LogP contribution in [0.25, 0.3) is 5.57 Å². The largest absolute Gasteiger partial charge is 0.277 e. The Labute approximate surface area is 144 Å². The second kappa shape index (κ2) is 6.19. The van der Waals surface area contributed by atoms with Gasteiger partial charge in [-0.15, -0.1) is 0 Å². The molecule has 116 valence electrons. The molecule has 3 nitrogen and oxygen atoms in total. The van der Waals surface area contributed by atoms with Crippen LogP contribution in [0.4, 0.5) is 5.69 Å². The van der Waals surface area contributed by atoms with Crippen LogP contribution in [0.3, 0.4) is 0 Å². The van der Waals surface area contributed by atoms with Crippen LogP contribution in [0.5, 0.6) is 0 Å². The number of hydrogen-bond donors (Lipinski definition) is 0. The lowest BCUT2D eigenvalue weighted by atomic mass is 10.1. The highest BCUT2D eigenvalue weighted by atomic mass is 35.5. The second-order valence-electron chi connectivity index (χ2n) is 5.16. The molecule has 0 N–H and O–H groups in total. The van der Waals surface area contributed by atoms with Crippen molar-refractivity contribution in [1.82, 2.24) is 0 Å². The summed E-state index contributed by atoms with van der Waals surface area (Å²) in [6.07, 6.45) is 0.886. The van der Waals surface area contributed by atoms with Crippen LogP contribution in [0.15, 0.2) is 53.6 Å². The number of amides is 2. The van der Waals surface area contributed by atoms with Gasteiger partial charge in [-0.3, -0.25) is 9.59 Å². The van der Waals surface area contributed by atoms with Crippen LogP contribution in [-0.4, -0.2) is 11.8 Å². The van der Waals surface area contributed by atoms with Gasteiger partial charge >= 0.3 is 0 Å². The second-order valence-corrected chi connectivity index (χ2v) is 5.98. The Bertz CT molecular complexity index is 808. The predicted octanol–water partition coefficient (Wildman–Crippen LogP) is 4.43. The maximum absolute atomic E-state index is 12.7. The monoisotopic (exact) mass is 345 g/mol. The third kappa shape index (κ3) is 2.78. The molecule has 23 heavy (non-hydrogen) atoms. The zero-order chi connectivity index (χ0) is 16.6. The lowest BCUT2D eigenvalue weighted by Gasteiger charge is -2.15. The van der Waals surface area contributed by atoms with Crippen LogP contribution in [-0.2, 0) is 16.0 Å². The summed E-state index contributed by atoms with van der Waals surface area (Å²) in [6.45, 7) is 2.04. The van der Waals surface area contributed by atoms with Gasteiger partial charge in [0.25, 0.3) is 11.8 Å². The van der Waals surface area contributed by atoms with Gasteiger partial charge in [0.1, 0.15) is 5.03 Å². The van der Waals surface area contributed by atoms with Crippen molar-refractivity contribution in [3.63, 3.8) is 0 Å². The Hall–Kier alpha value is -2.10.